The summed E-state index contributed by atoms with van der Waals surface area (Å²) in [5.74, 6) is -6.83. The first-order valence-corrected chi connectivity index (χ1v) is 10.6. The first-order valence-electron chi connectivity index (χ1n) is 18.6. The molecule has 2 fully saturated rings. The number of carbonyl (C=O) groups is 3. The Bertz CT molecular complexity index is 1860. The summed E-state index contributed by atoms with van der Waals surface area (Å²) in [5, 5.41) is 1.59. The Morgan fingerprint density at radius 3 is 2.75 bits per heavy atom. The van der Waals surface area contributed by atoms with Crippen LogP contribution < -0.4 is 10.1 Å². The lowest BCUT2D eigenvalue weighted by molar-refractivity contribution is -0.136. The molecule has 2 saturated heterocycles. The Morgan fingerprint density at radius 2 is 2.00 bits per heavy atom. The molecule has 0 aromatic heterocycles. The van der Waals surface area contributed by atoms with Gasteiger partial charge in [0.2, 0.25) is 11.8 Å². The Labute approximate surface area is 231 Å². The SMILES string of the molecule is [2H]C([2H])(Oc1cccc2c1C([2H])([2H])N(C1C(=O)NC(=O)C([2H])([2H])C1([2H])[2H])C2=O)c1ccc(C([2H])([2H])N2C([2H])([2H])C([2H])(C)OC([2H])(C)C2([2H])[2H])cc1F. The third kappa shape index (κ3) is 4.99. The molecule has 3 heterocycles. The molecule has 36 heavy (non-hydrogen) atoms. The summed E-state index contributed by atoms with van der Waals surface area (Å²) in [6, 6.07) is 2.37. The van der Waals surface area contributed by atoms with E-state index in [0.717, 1.165) is 38.1 Å². The molecule has 190 valence electrons. The molecule has 3 aliphatic heterocycles. The minimum Gasteiger partial charge on any atom is -0.488 e. The number of fused-ring (bicyclic) bond motifs is 1. The van der Waals surface area contributed by atoms with Crippen LogP contribution in [0.1, 0.15) is 75.6 Å². The van der Waals surface area contributed by atoms with Gasteiger partial charge in [-0.2, -0.15) is 0 Å². The van der Waals surface area contributed by atoms with Crippen LogP contribution in [-0.4, -0.2) is 58.7 Å². The number of hydrogen-bond donors (Lipinski definition) is 1. The lowest BCUT2D eigenvalue weighted by Crippen LogP contribution is -2.52. The van der Waals surface area contributed by atoms with Crippen molar-refractivity contribution in [3.05, 3.63) is 64.5 Å². The van der Waals surface area contributed by atoms with Crippen molar-refractivity contribution in [2.45, 2.75) is 64.3 Å². The highest BCUT2D eigenvalue weighted by atomic mass is 19.1. The largest absolute Gasteiger partial charge is 0.488 e. The number of rotatable bonds is 6. The first-order chi connectivity index (χ1) is 23.2. The molecule has 5 rings (SSSR count). The molecular weight excluding hydrogens is 465 g/mol. The molecule has 9 heteroatoms. The van der Waals surface area contributed by atoms with Crippen molar-refractivity contribution in [1.29, 1.82) is 0 Å². The Balaban J connectivity index is 1.53. The Kier molecular flexibility index (Phi) is 3.28. The van der Waals surface area contributed by atoms with E-state index in [1.165, 1.54) is 0 Å². The molecule has 2 aromatic rings. The number of nitrogens with one attached hydrogen (secondary N) is 1. The molecule has 3 amide bonds. The van der Waals surface area contributed by atoms with Crippen molar-refractivity contribution in [3.63, 3.8) is 0 Å². The molecule has 3 aliphatic rings. The van der Waals surface area contributed by atoms with Gasteiger partial charge < -0.3 is 14.4 Å². The minimum absolute atomic E-state index is 0.0593. The number of nitrogens with zero attached hydrogens (tertiary/aromatic N) is 2. The maximum Gasteiger partial charge on any atom is 0.255 e. The lowest BCUT2D eigenvalue weighted by Gasteiger charge is -2.35. The fourth-order valence-corrected chi connectivity index (χ4v) is 3.57. The molecular formula is C27H30FN3O5. The molecule has 0 spiro atoms. The highest BCUT2D eigenvalue weighted by Crippen LogP contribution is 2.34. The highest BCUT2D eigenvalue weighted by molar-refractivity contribution is 6.05. The fourth-order valence-electron chi connectivity index (χ4n) is 3.57. The number of carbonyl (C=O) groups excluding carboxylic acids is 3. The lowest BCUT2D eigenvalue weighted by atomic mass is 10.0. The van der Waals surface area contributed by atoms with Gasteiger partial charge in [0.05, 0.1) is 26.9 Å². The van der Waals surface area contributed by atoms with Crippen LogP contribution in [0, 0.1) is 5.82 Å². The molecule has 8 nitrogen and oxygen atoms in total. The monoisotopic (exact) mass is 511 g/mol. The Morgan fingerprint density at radius 1 is 1.22 bits per heavy atom. The van der Waals surface area contributed by atoms with Gasteiger partial charge >= 0.3 is 0 Å². The quantitative estimate of drug-likeness (QED) is 0.600. The van der Waals surface area contributed by atoms with Crippen LogP contribution in [0.3, 0.4) is 0 Å². The van der Waals surface area contributed by atoms with E-state index < -0.39 is 115 Å². The summed E-state index contributed by atoms with van der Waals surface area (Å²) >= 11 is 0. The predicted molar refractivity (Wildman–Crippen MR) is 129 cm³/mol. The molecule has 1 N–H and O–H groups in total. The summed E-state index contributed by atoms with van der Waals surface area (Å²) in [4.78, 5) is 38.4. The molecule has 3 atom stereocenters. The standard InChI is InChI=1S/C27H30FN3O5/c1-16-11-30(12-17(2)36-16)13-18-6-7-19(22(28)10-18)15-35-24-5-3-4-20-21(24)14-31(27(20)34)23-8-9-25(32)29-26(23)33/h3-7,10,16-17,23H,8-9,11-15H2,1-2H3,(H,29,32,33)/i8D2,9D2,11D2,12D2,13D2,14D2,15D2,16D,17D. The van der Waals surface area contributed by atoms with E-state index in [1.54, 1.807) is 5.32 Å². The van der Waals surface area contributed by atoms with Crippen LogP contribution in [0.15, 0.2) is 36.4 Å². The molecule has 0 saturated carbocycles. The van der Waals surface area contributed by atoms with E-state index in [0.29, 0.717) is 12.1 Å². The van der Waals surface area contributed by atoms with Crippen LogP contribution in [0.2, 0.25) is 0 Å². The van der Waals surface area contributed by atoms with E-state index in [-0.39, 0.29) is 9.80 Å². The van der Waals surface area contributed by atoms with Crippen molar-refractivity contribution >= 4 is 17.7 Å². The summed E-state index contributed by atoms with van der Waals surface area (Å²) in [7, 11) is 0. The van der Waals surface area contributed by atoms with Crippen molar-refractivity contribution in [2.24, 2.45) is 0 Å². The van der Waals surface area contributed by atoms with Gasteiger partial charge in [0.15, 0.2) is 0 Å². The number of imide groups is 1. The summed E-state index contributed by atoms with van der Waals surface area (Å²) in [6.45, 7) is -14.7. The molecule has 2 aromatic carbocycles. The van der Waals surface area contributed by atoms with E-state index in [1.807, 2.05) is 0 Å². The van der Waals surface area contributed by atoms with Gasteiger partial charge in [-0.05, 0) is 44.0 Å². The van der Waals surface area contributed by atoms with Crippen LogP contribution in [-0.2, 0) is 33.9 Å². The number of hydrogen-bond acceptors (Lipinski definition) is 6. The normalized spacial score (nSPS) is 43.0. The molecule has 0 aliphatic carbocycles. The van der Waals surface area contributed by atoms with Gasteiger partial charge in [-0.1, -0.05) is 18.2 Å². The second-order valence-corrected chi connectivity index (χ2v) is 7.74. The first kappa shape index (κ1) is 11.8. The van der Waals surface area contributed by atoms with Crippen LogP contribution in [0.5, 0.6) is 5.75 Å². The van der Waals surface area contributed by atoms with Crippen LogP contribution in [0.4, 0.5) is 4.39 Å². The fraction of sp³-hybridized carbons (Fsp3) is 0.444. The second-order valence-electron chi connectivity index (χ2n) is 7.74. The maximum absolute atomic E-state index is 15.8. The van der Waals surface area contributed by atoms with Crippen molar-refractivity contribution in [2.75, 3.05) is 13.0 Å². The smallest absolute Gasteiger partial charge is 0.255 e. The number of benzene rings is 2. The van der Waals surface area contributed by atoms with Gasteiger partial charge in [0.1, 0.15) is 24.2 Å². The zero-order valence-electron chi connectivity index (χ0n) is 34.9. The van der Waals surface area contributed by atoms with Gasteiger partial charge in [-0.3, -0.25) is 24.6 Å². The maximum atomic E-state index is 15.8. The van der Waals surface area contributed by atoms with Crippen LogP contribution in [0.25, 0.3) is 0 Å². The number of piperidine rings is 1. The summed E-state index contributed by atoms with van der Waals surface area (Å²) in [5.41, 5.74) is -3.06. The average Bonchev–Trinajstić information content (AvgIpc) is 3.15. The summed E-state index contributed by atoms with van der Waals surface area (Å²) in [6.07, 6.45) is -12.3. The zero-order chi connectivity index (χ0) is 39.8. The number of morpholine rings is 1. The van der Waals surface area contributed by atoms with Crippen molar-refractivity contribution < 1.29 is 50.2 Å². The third-order valence-electron chi connectivity index (χ3n) is 5.10. The Hall–Kier alpha value is -3.30. The minimum atomic E-state index is -3.47. The third-order valence-corrected chi connectivity index (χ3v) is 5.10. The molecule has 0 radical (unpaired) electrons. The number of ether oxygens (including phenoxy) is 2. The van der Waals surface area contributed by atoms with Gasteiger partial charge in [-0.25, -0.2) is 4.39 Å². The van der Waals surface area contributed by atoms with Crippen molar-refractivity contribution in [3.8, 4) is 5.75 Å². The summed E-state index contributed by atoms with van der Waals surface area (Å²) < 4.78 is 161. The van der Waals surface area contributed by atoms with E-state index in [9.17, 15) is 14.4 Å². The predicted octanol–water partition coefficient (Wildman–Crippen LogP) is 2.77. The van der Waals surface area contributed by atoms with E-state index in [4.69, 9.17) is 31.4 Å². The van der Waals surface area contributed by atoms with Crippen molar-refractivity contribution in [1.82, 2.24) is 15.1 Å². The van der Waals surface area contributed by atoms with Crippen LogP contribution >= 0.6 is 0 Å². The second kappa shape index (κ2) is 9.99. The zero-order valence-corrected chi connectivity index (χ0v) is 18.9. The van der Waals surface area contributed by atoms with Gasteiger partial charge in [-0.15, -0.1) is 0 Å². The number of halogens is 1. The highest BCUT2D eigenvalue weighted by Gasteiger charge is 2.40. The topological polar surface area (TPSA) is 88.2 Å². The van der Waals surface area contributed by atoms with Gasteiger partial charge in [0.25, 0.3) is 5.91 Å². The average molecular weight is 512 g/mol. The molecule has 3 unspecified atom stereocenters. The number of amides is 3. The van der Waals surface area contributed by atoms with E-state index >= 15 is 4.39 Å². The van der Waals surface area contributed by atoms with Gasteiger partial charge in [0, 0.05) is 56.3 Å². The van der Waals surface area contributed by atoms with E-state index in [2.05, 4.69) is 0 Å². The molecule has 0 bridgehead atoms.